The monoisotopic (exact) mass is 258 g/mol. The van der Waals surface area contributed by atoms with E-state index in [4.69, 9.17) is 10.8 Å². The van der Waals surface area contributed by atoms with Gasteiger partial charge in [-0.25, -0.2) is 4.79 Å². The Morgan fingerprint density at radius 1 is 1.47 bits per heavy atom. The highest BCUT2D eigenvalue weighted by Gasteiger charge is 2.38. The molecular weight excluding hydrogens is 245 g/mol. The Kier molecular flexibility index (Phi) is 5.89. The molecule has 0 spiro atoms. The van der Waals surface area contributed by atoms with Gasteiger partial charge in [-0.2, -0.15) is 13.2 Å². The fourth-order valence-corrected chi connectivity index (χ4v) is 0.762. The van der Waals surface area contributed by atoms with Gasteiger partial charge in [0.25, 0.3) is 0 Å². The summed E-state index contributed by atoms with van der Waals surface area (Å²) >= 11 is 0. The fraction of sp³-hybridized carbons (Fsp3) is 0.750. The first-order valence-corrected chi connectivity index (χ1v) is 4.64. The number of ether oxygens (including phenoxy) is 1. The molecule has 0 aromatic rings. The van der Waals surface area contributed by atoms with Crippen molar-refractivity contribution < 1.29 is 32.6 Å². The first kappa shape index (κ1) is 15.7. The Balaban J connectivity index is 4.15. The van der Waals surface area contributed by atoms with E-state index in [2.05, 4.69) is 4.74 Å². The number of rotatable bonds is 5. The summed E-state index contributed by atoms with van der Waals surface area (Å²) < 4.78 is 40.0. The molecule has 9 heteroatoms. The molecule has 0 radical (unpaired) electrons. The number of aliphatic hydroxyl groups excluding tert-OH is 1. The Morgan fingerprint density at radius 2 is 2.00 bits per heavy atom. The molecule has 0 saturated carbocycles. The number of aliphatic hydroxyl groups is 1. The van der Waals surface area contributed by atoms with E-state index in [1.807, 2.05) is 0 Å². The molecule has 0 aliphatic rings. The van der Waals surface area contributed by atoms with Crippen molar-refractivity contribution in [1.29, 1.82) is 0 Å². The van der Waals surface area contributed by atoms with E-state index in [1.165, 1.54) is 6.92 Å². The molecule has 17 heavy (non-hydrogen) atoms. The van der Waals surface area contributed by atoms with Crippen LogP contribution in [0.4, 0.5) is 13.2 Å². The van der Waals surface area contributed by atoms with E-state index in [0.29, 0.717) is 0 Å². The lowest BCUT2D eigenvalue weighted by Crippen LogP contribution is -2.50. The zero-order chi connectivity index (χ0) is 13.6. The molecule has 0 bridgehead atoms. The van der Waals surface area contributed by atoms with Gasteiger partial charge >= 0.3 is 12.1 Å². The molecule has 1 amide bonds. The molecule has 0 aliphatic carbocycles. The lowest BCUT2D eigenvalue weighted by molar-refractivity contribution is -0.201. The molecule has 100 valence electrons. The summed E-state index contributed by atoms with van der Waals surface area (Å²) in [5, 5.41) is 10.3. The van der Waals surface area contributed by atoms with Gasteiger partial charge in [-0.3, -0.25) is 4.79 Å². The van der Waals surface area contributed by atoms with E-state index in [-0.39, 0.29) is 6.61 Å². The van der Waals surface area contributed by atoms with Crippen molar-refractivity contribution in [3.05, 3.63) is 0 Å². The molecule has 0 rings (SSSR count). The number of nitrogens with one attached hydrogen (secondary N) is 1. The van der Waals surface area contributed by atoms with E-state index in [0.717, 1.165) is 0 Å². The van der Waals surface area contributed by atoms with Crippen LogP contribution in [0.25, 0.3) is 0 Å². The number of esters is 1. The molecule has 0 aromatic carbocycles. The second-order valence-corrected chi connectivity index (χ2v) is 3.03. The van der Waals surface area contributed by atoms with Crippen molar-refractivity contribution in [3.63, 3.8) is 0 Å². The minimum absolute atomic E-state index is 0.00894. The van der Waals surface area contributed by atoms with Gasteiger partial charge in [0.05, 0.1) is 13.2 Å². The Labute approximate surface area is 94.9 Å². The van der Waals surface area contributed by atoms with Gasteiger partial charge in [0, 0.05) is 0 Å². The maximum Gasteiger partial charge on any atom is 0.416 e. The number of nitrogens with two attached hydrogens (primary N) is 1. The fourth-order valence-electron chi connectivity index (χ4n) is 0.762. The normalized spacial score (nSPS) is 14.9. The number of hydrogen-bond donors (Lipinski definition) is 3. The second-order valence-electron chi connectivity index (χ2n) is 3.03. The smallest absolute Gasteiger partial charge is 0.416 e. The van der Waals surface area contributed by atoms with Crippen molar-refractivity contribution in [2.45, 2.75) is 25.2 Å². The van der Waals surface area contributed by atoms with Crippen molar-refractivity contribution in [2.24, 2.45) is 5.73 Å². The molecule has 2 unspecified atom stereocenters. The van der Waals surface area contributed by atoms with Gasteiger partial charge in [0.2, 0.25) is 5.91 Å². The Bertz CT molecular complexity index is 282. The third-order valence-electron chi connectivity index (χ3n) is 1.67. The lowest BCUT2D eigenvalue weighted by Gasteiger charge is -2.16. The van der Waals surface area contributed by atoms with E-state index in [1.54, 1.807) is 5.32 Å². The van der Waals surface area contributed by atoms with Crippen LogP contribution in [0.3, 0.4) is 0 Å². The molecule has 0 heterocycles. The maximum atomic E-state index is 11.9. The topological polar surface area (TPSA) is 102 Å². The summed E-state index contributed by atoms with van der Waals surface area (Å²) in [5.41, 5.74) is 5.09. The highest BCUT2D eigenvalue weighted by atomic mass is 19.4. The van der Waals surface area contributed by atoms with Gasteiger partial charge in [-0.1, -0.05) is 0 Å². The van der Waals surface area contributed by atoms with Crippen molar-refractivity contribution >= 4 is 11.9 Å². The van der Waals surface area contributed by atoms with Gasteiger partial charge in [0.15, 0.2) is 12.1 Å². The first-order chi connectivity index (χ1) is 7.70. The van der Waals surface area contributed by atoms with Crippen molar-refractivity contribution in [2.75, 3.05) is 13.2 Å². The second kappa shape index (κ2) is 6.40. The molecular formula is C8H13F3N2O4. The van der Waals surface area contributed by atoms with Crippen LogP contribution in [-0.4, -0.2) is 48.5 Å². The third kappa shape index (κ3) is 5.50. The number of amides is 1. The molecule has 4 N–H and O–H groups in total. The van der Waals surface area contributed by atoms with Gasteiger partial charge in [0.1, 0.15) is 0 Å². The summed E-state index contributed by atoms with van der Waals surface area (Å²) in [6, 6.07) is -1.71. The average molecular weight is 258 g/mol. The highest BCUT2D eigenvalue weighted by molar-refractivity contribution is 6.01. The molecule has 0 saturated heterocycles. The quantitative estimate of drug-likeness (QED) is 0.430. The Hall–Kier alpha value is -1.35. The predicted octanol–water partition coefficient (Wildman–Crippen LogP) is -1.08. The van der Waals surface area contributed by atoms with Gasteiger partial charge < -0.3 is 20.9 Å². The predicted molar refractivity (Wildman–Crippen MR) is 49.7 cm³/mol. The SMILES string of the molecule is CCOC(=O)C(N)C(=O)NCC(O)C(F)(F)F. The maximum absolute atomic E-state index is 11.9. The van der Waals surface area contributed by atoms with Crippen molar-refractivity contribution in [1.82, 2.24) is 5.32 Å². The minimum Gasteiger partial charge on any atom is -0.464 e. The summed E-state index contributed by atoms with van der Waals surface area (Å²) in [5.74, 6) is -2.20. The van der Waals surface area contributed by atoms with E-state index >= 15 is 0 Å². The van der Waals surface area contributed by atoms with Crippen molar-refractivity contribution in [3.8, 4) is 0 Å². The van der Waals surface area contributed by atoms with Crippen LogP contribution >= 0.6 is 0 Å². The number of hydrogen-bond acceptors (Lipinski definition) is 5. The molecule has 2 atom stereocenters. The average Bonchev–Trinajstić information content (AvgIpc) is 2.23. The summed E-state index contributed by atoms with van der Waals surface area (Å²) in [6.45, 7) is 0.399. The van der Waals surface area contributed by atoms with Gasteiger partial charge in [-0.15, -0.1) is 0 Å². The third-order valence-corrected chi connectivity index (χ3v) is 1.67. The molecule has 0 aliphatic heterocycles. The van der Waals surface area contributed by atoms with E-state index in [9.17, 15) is 22.8 Å². The summed E-state index contributed by atoms with van der Waals surface area (Å²) in [7, 11) is 0. The number of alkyl halides is 3. The number of carbonyl (C=O) groups is 2. The molecule has 0 fully saturated rings. The number of carbonyl (C=O) groups excluding carboxylic acids is 2. The largest absolute Gasteiger partial charge is 0.464 e. The number of halogens is 3. The van der Waals surface area contributed by atoms with Crippen LogP contribution in [-0.2, 0) is 14.3 Å². The molecule has 0 aromatic heterocycles. The first-order valence-electron chi connectivity index (χ1n) is 4.64. The molecule has 6 nitrogen and oxygen atoms in total. The summed E-state index contributed by atoms with van der Waals surface area (Å²) in [4.78, 5) is 22.0. The lowest BCUT2D eigenvalue weighted by atomic mass is 10.2. The van der Waals surface area contributed by atoms with Crippen LogP contribution in [0.15, 0.2) is 0 Å². The van der Waals surface area contributed by atoms with Crippen LogP contribution in [0.1, 0.15) is 6.92 Å². The Morgan fingerprint density at radius 3 is 2.41 bits per heavy atom. The minimum atomic E-state index is -4.85. The zero-order valence-corrected chi connectivity index (χ0v) is 8.95. The van der Waals surface area contributed by atoms with E-state index < -0.39 is 36.7 Å². The van der Waals surface area contributed by atoms with Gasteiger partial charge in [-0.05, 0) is 6.92 Å². The zero-order valence-electron chi connectivity index (χ0n) is 8.95. The van der Waals surface area contributed by atoms with Crippen LogP contribution < -0.4 is 11.1 Å². The van der Waals surface area contributed by atoms with Crippen LogP contribution in [0.5, 0.6) is 0 Å². The standard InChI is InChI=1S/C8H13F3N2O4/c1-2-17-7(16)5(12)6(15)13-3-4(14)8(9,10)11/h4-5,14H,2-3,12H2,1H3,(H,13,15). The summed E-state index contributed by atoms with van der Waals surface area (Å²) in [6.07, 6.45) is -7.55. The van der Waals surface area contributed by atoms with Crippen LogP contribution in [0, 0.1) is 0 Å². The highest BCUT2D eigenvalue weighted by Crippen LogP contribution is 2.19. The van der Waals surface area contributed by atoms with Crippen LogP contribution in [0.2, 0.25) is 0 Å².